The van der Waals surface area contributed by atoms with E-state index in [0.29, 0.717) is 30.6 Å². The quantitative estimate of drug-likeness (QED) is 0.0302. The summed E-state index contributed by atoms with van der Waals surface area (Å²) in [5, 5.41) is 20.0. The molecule has 23 heteroatoms. The van der Waals surface area contributed by atoms with Crippen molar-refractivity contribution in [2.75, 3.05) is 31.7 Å². The SMILES string of the molecule is CC[C@H](C)C(NC(=O)[C@H]1CCCCN1C)C(=O)N(C)[C@H](C[C@@H](OC(C)=O)c1nc(C(=O)N[C@@H](Cc2ccc(OC(=O)OP(=O)(O)O)c(NC(=O)CCCS)c2)CC(C)C(=O)O)cs1)C(C)C. The largest absolute Gasteiger partial charge is 0.529 e. The monoisotopic (exact) mass is 984 g/mol. The molecule has 368 valence electrons. The summed E-state index contributed by atoms with van der Waals surface area (Å²) >= 11 is 5.17. The Kier molecular flexibility index (Phi) is 22.0. The number of thiazole rings is 1. The lowest BCUT2D eigenvalue weighted by Crippen LogP contribution is -2.58. The van der Waals surface area contributed by atoms with Crippen molar-refractivity contribution in [3.8, 4) is 5.75 Å². The average molecular weight is 985 g/mol. The maximum absolute atomic E-state index is 14.3. The van der Waals surface area contributed by atoms with Crippen LogP contribution in [0.5, 0.6) is 5.75 Å². The van der Waals surface area contributed by atoms with Gasteiger partial charge in [-0.2, -0.15) is 12.6 Å². The van der Waals surface area contributed by atoms with E-state index in [2.05, 4.69) is 38.1 Å². The highest BCUT2D eigenvalue weighted by atomic mass is 32.1. The Hall–Kier alpha value is -4.60. The van der Waals surface area contributed by atoms with E-state index in [0.717, 1.165) is 30.7 Å². The third-order valence-corrected chi connectivity index (χ3v) is 13.0. The smallest absolute Gasteiger partial charge is 0.481 e. The molecule has 1 aliphatic heterocycles. The maximum Gasteiger partial charge on any atom is 0.529 e. The maximum atomic E-state index is 14.3. The van der Waals surface area contributed by atoms with Crippen molar-refractivity contribution in [2.45, 2.75) is 130 Å². The van der Waals surface area contributed by atoms with Crippen molar-refractivity contribution in [1.29, 1.82) is 0 Å². The van der Waals surface area contributed by atoms with Crippen molar-refractivity contribution >= 4 is 79.2 Å². The van der Waals surface area contributed by atoms with Gasteiger partial charge >= 0.3 is 25.9 Å². The van der Waals surface area contributed by atoms with Crippen molar-refractivity contribution in [3.63, 3.8) is 0 Å². The van der Waals surface area contributed by atoms with E-state index in [1.54, 1.807) is 11.9 Å². The number of likely N-dealkylation sites (tertiary alicyclic amines) is 1. The van der Waals surface area contributed by atoms with Gasteiger partial charge in [-0.15, -0.1) is 11.3 Å². The summed E-state index contributed by atoms with van der Waals surface area (Å²) in [4.78, 5) is 117. The number of benzene rings is 1. The number of piperidine rings is 1. The summed E-state index contributed by atoms with van der Waals surface area (Å²) in [6.07, 6.45) is 1.02. The summed E-state index contributed by atoms with van der Waals surface area (Å²) in [5.74, 6) is -4.58. The van der Waals surface area contributed by atoms with Gasteiger partial charge in [0.2, 0.25) is 17.7 Å². The number of hydrogen-bond acceptors (Lipinski definition) is 15. The number of aromatic nitrogens is 1. The minimum Gasteiger partial charge on any atom is -0.481 e. The number of carboxylic acid groups (broad SMARTS) is 1. The number of carboxylic acids is 1. The molecule has 0 aliphatic carbocycles. The second kappa shape index (κ2) is 26.1. The lowest BCUT2D eigenvalue weighted by atomic mass is 9.92. The standard InChI is InChI=1S/C43H65N6O14PS2/c1-9-25(4)37(47-39(53)32-13-10-11-17-48(32)7)41(54)49(8)33(24(2)3)22-35(61-27(6)50)40-46-31(23-66-40)38(52)44-29(19-26(5)42(55)56)20-28-15-16-34(62-43(57)63-64(58,59)60)30(21-28)45-36(51)14-12-18-65/h15-16,21,23-26,29,32-33,35,37,65H,9-14,17-20,22H2,1-8H3,(H,44,52)(H,45,51)(H,47,53)(H,55,56)(H2,58,59,60)/t25-,26?,29+,32+,33+,35+,37?/m0/s1. The number of carbonyl (C=O) groups is 7. The first-order chi connectivity index (χ1) is 30.9. The number of phosphoric ester groups is 1. The molecular weight excluding hydrogens is 920 g/mol. The fourth-order valence-corrected chi connectivity index (χ4v) is 8.80. The van der Waals surface area contributed by atoms with Crippen LogP contribution in [0.3, 0.4) is 0 Å². The molecule has 2 aromatic rings. The van der Waals surface area contributed by atoms with Gasteiger partial charge in [-0.05, 0) is 81.0 Å². The molecule has 2 unspecified atom stereocenters. The summed E-state index contributed by atoms with van der Waals surface area (Å²) < 4.78 is 25.9. The Morgan fingerprint density at radius 1 is 1.06 bits per heavy atom. The first-order valence-electron chi connectivity index (χ1n) is 21.9. The van der Waals surface area contributed by atoms with Gasteiger partial charge in [-0.3, -0.25) is 43.5 Å². The number of carbonyl (C=O) groups excluding carboxylic acids is 6. The number of phosphoric acid groups is 1. The molecule has 3 rings (SSSR count). The zero-order valence-electron chi connectivity index (χ0n) is 38.7. The number of ether oxygens (including phenoxy) is 2. The molecule has 1 saturated heterocycles. The number of nitrogens with zero attached hydrogens (tertiary/aromatic N) is 3. The zero-order valence-corrected chi connectivity index (χ0v) is 41.3. The van der Waals surface area contributed by atoms with Gasteiger partial charge in [0.15, 0.2) is 11.9 Å². The number of nitrogens with one attached hydrogen (secondary N) is 3. The minimum absolute atomic E-state index is 0.00493. The van der Waals surface area contributed by atoms with Crippen molar-refractivity contribution < 1.29 is 67.0 Å². The Bertz CT molecular complexity index is 2070. The molecule has 1 fully saturated rings. The Morgan fingerprint density at radius 3 is 2.35 bits per heavy atom. The van der Waals surface area contributed by atoms with Crippen LogP contribution in [0.25, 0.3) is 0 Å². The normalized spacial score (nSPS) is 17.0. The zero-order chi connectivity index (χ0) is 49.5. The number of rotatable bonds is 24. The van der Waals surface area contributed by atoms with Crippen LogP contribution in [0, 0.1) is 17.8 Å². The predicted molar refractivity (Wildman–Crippen MR) is 248 cm³/mol. The fraction of sp³-hybridized carbons (Fsp3) is 0.628. The number of anilines is 1. The Labute approximate surface area is 394 Å². The van der Waals surface area contributed by atoms with Crippen LogP contribution in [0.4, 0.5) is 10.5 Å². The third kappa shape index (κ3) is 17.6. The molecular formula is C43H65N6O14PS2. The number of likely N-dealkylation sites (N-methyl/N-ethyl adjacent to an activating group) is 2. The summed E-state index contributed by atoms with van der Waals surface area (Å²) in [6, 6.07) is 1.59. The lowest BCUT2D eigenvalue weighted by Gasteiger charge is -2.38. The van der Waals surface area contributed by atoms with E-state index in [1.807, 2.05) is 39.6 Å². The van der Waals surface area contributed by atoms with Crippen LogP contribution < -0.4 is 20.7 Å². The number of esters is 1. The van der Waals surface area contributed by atoms with Crippen LogP contribution in [0.2, 0.25) is 0 Å². The highest BCUT2D eigenvalue weighted by Gasteiger charge is 2.37. The first kappa shape index (κ1) is 55.7. The van der Waals surface area contributed by atoms with Crippen molar-refractivity contribution in [3.05, 3.63) is 39.8 Å². The summed E-state index contributed by atoms with van der Waals surface area (Å²) in [6.45, 7) is 11.2. The fourth-order valence-electron chi connectivity index (χ4n) is 7.57. The number of amides is 4. The van der Waals surface area contributed by atoms with Crippen LogP contribution >= 0.6 is 31.8 Å². The third-order valence-electron chi connectivity index (χ3n) is 11.4. The summed E-state index contributed by atoms with van der Waals surface area (Å²) in [5.41, 5.74) is 0.306. The van der Waals surface area contributed by atoms with E-state index < -0.39 is 67.9 Å². The van der Waals surface area contributed by atoms with Crippen LogP contribution in [-0.2, 0) is 44.2 Å². The molecule has 0 bridgehead atoms. The van der Waals surface area contributed by atoms with Crippen molar-refractivity contribution in [2.24, 2.45) is 17.8 Å². The van der Waals surface area contributed by atoms with E-state index in [4.69, 9.17) is 19.3 Å². The molecule has 66 heavy (non-hydrogen) atoms. The number of aliphatic carboxylic acids is 1. The van der Waals surface area contributed by atoms with Gasteiger partial charge in [-0.25, -0.2) is 14.3 Å². The van der Waals surface area contributed by atoms with E-state index in [-0.39, 0.29) is 77.5 Å². The van der Waals surface area contributed by atoms with E-state index >= 15 is 0 Å². The van der Waals surface area contributed by atoms with Gasteiger partial charge in [0.05, 0.1) is 17.6 Å². The molecule has 4 amide bonds. The average Bonchev–Trinajstić information content (AvgIpc) is 3.73. The van der Waals surface area contributed by atoms with Gasteiger partial charge in [-0.1, -0.05) is 53.5 Å². The van der Waals surface area contributed by atoms with Gasteiger partial charge < -0.3 is 40.0 Å². The van der Waals surface area contributed by atoms with Gasteiger partial charge in [0, 0.05) is 44.3 Å². The van der Waals surface area contributed by atoms with E-state index in [1.165, 1.54) is 37.4 Å². The molecule has 7 atom stereocenters. The predicted octanol–water partition coefficient (Wildman–Crippen LogP) is 5.34. The second-order valence-electron chi connectivity index (χ2n) is 17.0. The highest BCUT2D eigenvalue weighted by molar-refractivity contribution is 7.80. The first-order valence-corrected chi connectivity index (χ1v) is 24.9. The summed E-state index contributed by atoms with van der Waals surface area (Å²) in [7, 11) is -1.70. The number of hydrogen-bond donors (Lipinski definition) is 7. The molecule has 20 nitrogen and oxygen atoms in total. The molecule has 1 aromatic carbocycles. The van der Waals surface area contributed by atoms with Crippen LogP contribution in [-0.4, -0.2) is 122 Å². The topological polar surface area (TPSA) is 280 Å². The molecule has 6 N–H and O–H groups in total. The molecule has 0 spiro atoms. The van der Waals surface area contributed by atoms with Crippen LogP contribution in [0.15, 0.2) is 23.6 Å². The lowest BCUT2D eigenvalue weighted by molar-refractivity contribution is -0.149. The van der Waals surface area contributed by atoms with E-state index in [9.17, 15) is 43.2 Å². The Balaban J connectivity index is 1.89. The molecule has 1 aromatic heterocycles. The van der Waals surface area contributed by atoms with Gasteiger partial charge in [0.1, 0.15) is 16.7 Å². The molecule has 2 heterocycles. The molecule has 0 radical (unpaired) electrons. The minimum atomic E-state index is -5.26. The van der Waals surface area contributed by atoms with Crippen LogP contribution in [0.1, 0.15) is 120 Å². The van der Waals surface area contributed by atoms with Gasteiger partial charge in [0.25, 0.3) is 5.91 Å². The Morgan fingerprint density at radius 2 is 1.76 bits per heavy atom. The number of thiol groups is 1. The second-order valence-corrected chi connectivity index (χ2v) is 19.5. The highest BCUT2D eigenvalue weighted by Crippen LogP contribution is 2.37. The molecule has 0 saturated carbocycles. The van der Waals surface area contributed by atoms with Crippen molar-refractivity contribution in [1.82, 2.24) is 25.4 Å². The molecule has 1 aliphatic rings.